The molecule has 0 unspecified atom stereocenters. The van der Waals surface area contributed by atoms with Crippen molar-refractivity contribution in [3.8, 4) is 0 Å². The lowest BCUT2D eigenvalue weighted by Gasteiger charge is -2.07. The quantitative estimate of drug-likeness (QED) is 0.559. The minimum atomic E-state index is -0.140. The number of halogens is 1. The Labute approximate surface area is 151 Å². The summed E-state index contributed by atoms with van der Waals surface area (Å²) in [7, 11) is 0. The van der Waals surface area contributed by atoms with E-state index in [4.69, 9.17) is 11.6 Å². The van der Waals surface area contributed by atoms with E-state index in [2.05, 4.69) is 10.6 Å². The summed E-state index contributed by atoms with van der Waals surface area (Å²) in [5.74, 6) is 0.481. The van der Waals surface area contributed by atoms with Crippen LogP contribution in [0.2, 0.25) is 5.02 Å². The number of benzene rings is 2. The van der Waals surface area contributed by atoms with Gasteiger partial charge in [0, 0.05) is 35.7 Å². The maximum atomic E-state index is 11.8. The van der Waals surface area contributed by atoms with Gasteiger partial charge in [0.1, 0.15) is 0 Å². The molecule has 0 spiro atoms. The van der Waals surface area contributed by atoms with Gasteiger partial charge in [0.05, 0.1) is 5.02 Å². The van der Waals surface area contributed by atoms with E-state index in [1.807, 2.05) is 42.5 Å². The Morgan fingerprint density at radius 2 is 1.58 bits per heavy atom. The zero-order chi connectivity index (χ0) is 17.2. The molecule has 2 N–H and O–H groups in total. The highest BCUT2D eigenvalue weighted by molar-refractivity contribution is 7.99. The summed E-state index contributed by atoms with van der Waals surface area (Å²) in [6.07, 6.45) is 0.405. The number of hydrogen-bond acceptors (Lipinski definition) is 3. The van der Waals surface area contributed by atoms with E-state index in [9.17, 15) is 9.59 Å². The summed E-state index contributed by atoms with van der Waals surface area (Å²) in [5.41, 5.74) is 0.611. The van der Waals surface area contributed by atoms with Gasteiger partial charge in [-0.3, -0.25) is 9.59 Å². The van der Waals surface area contributed by atoms with Gasteiger partial charge in [0.2, 0.25) is 5.91 Å². The fourth-order valence-electron chi connectivity index (χ4n) is 1.97. The third kappa shape index (κ3) is 6.26. The van der Waals surface area contributed by atoms with Gasteiger partial charge in [-0.05, 0) is 24.3 Å². The second kappa shape index (κ2) is 10.0. The Morgan fingerprint density at radius 3 is 2.33 bits per heavy atom. The van der Waals surface area contributed by atoms with Crippen molar-refractivity contribution in [3.63, 3.8) is 0 Å². The van der Waals surface area contributed by atoms with Crippen molar-refractivity contribution >= 4 is 35.2 Å². The van der Waals surface area contributed by atoms with Crippen LogP contribution in [0.25, 0.3) is 0 Å². The first-order valence-electron chi connectivity index (χ1n) is 7.64. The Morgan fingerprint density at radius 1 is 0.917 bits per heavy atom. The smallest absolute Gasteiger partial charge is 0.251 e. The number of hydrogen-bond donors (Lipinski definition) is 2. The molecule has 0 radical (unpaired) electrons. The second-order valence-corrected chi connectivity index (χ2v) is 6.54. The lowest BCUT2D eigenvalue weighted by Crippen LogP contribution is -2.34. The number of carbonyl (C=O) groups excluding carboxylic acids is 2. The van der Waals surface area contributed by atoms with Crippen molar-refractivity contribution < 1.29 is 9.59 Å². The molecule has 0 saturated heterocycles. The van der Waals surface area contributed by atoms with E-state index < -0.39 is 0 Å². The topological polar surface area (TPSA) is 58.2 Å². The predicted octanol–water partition coefficient (Wildman–Crippen LogP) is 3.37. The first-order chi connectivity index (χ1) is 11.7. The first kappa shape index (κ1) is 18.4. The second-order valence-electron chi connectivity index (χ2n) is 5.00. The zero-order valence-electron chi connectivity index (χ0n) is 13.1. The van der Waals surface area contributed by atoms with Crippen LogP contribution in [0.3, 0.4) is 0 Å². The van der Waals surface area contributed by atoms with E-state index in [-0.39, 0.29) is 11.8 Å². The average molecular weight is 363 g/mol. The first-order valence-corrected chi connectivity index (χ1v) is 9.00. The van der Waals surface area contributed by atoms with E-state index in [0.717, 1.165) is 4.90 Å². The van der Waals surface area contributed by atoms with Gasteiger partial charge in [-0.25, -0.2) is 0 Å². The largest absolute Gasteiger partial charge is 0.354 e. The molecule has 0 aliphatic rings. The summed E-state index contributed by atoms with van der Waals surface area (Å²) < 4.78 is 0. The number of amides is 2. The molecule has 24 heavy (non-hydrogen) atoms. The maximum Gasteiger partial charge on any atom is 0.251 e. The van der Waals surface area contributed by atoms with Crippen LogP contribution in [-0.4, -0.2) is 30.7 Å². The van der Waals surface area contributed by atoms with E-state index >= 15 is 0 Å². The van der Waals surface area contributed by atoms with Crippen LogP contribution in [0.5, 0.6) is 0 Å². The molecule has 0 saturated carbocycles. The van der Waals surface area contributed by atoms with Crippen LogP contribution in [-0.2, 0) is 4.79 Å². The van der Waals surface area contributed by atoms with Gasteiger partial charge in [-0.1, -0.05) is 41.9 Å². The summed E-state index contributed by atoms with van der Waals surface area (Å²) in [5, 5.41) is 6.26. The minimum absolute atomic E-state index is 0.0384. The third-order valence-corrected chi connectivity index (χ3v) is 4.71. The molecule has 0 fully saturated rings. The molecule has 2 aromatic rings. The number of carbonyl (C=O) groups is 2. The molecule has 0 bridgehead atoms. The minimum Gasteiger partial charge on any atom is -0.354 e. The van der Waals surface area contributed by atoms with E-state index in [1.165, 1.54) is 0 Å². The zero-order valence-corrected chi connectivity index (χ0v) is 14.7. The van der Waals surface area contributed by atoms with E-state index in [0.29, 0.717) is 35.8 Å². The van der Waals surface area contributed by atoms with Crippen molar-refractivity contribution in [3.05, 3.63) is 65.2 Å². The molecule has 0 aliphatic carbocycles. The molecule has 4 nitrogen and oxygen atoms in total. The van der Waals surface area contributed by atoms with Crippen molar-refractivity contribution in [2.75, 3.05) is 18.8 Å². The van der Waals surface area contributed by atoms with Crippen LogP contribution < -0.4 is 10.6 Å². The van der Waals surface area contributed by atoms with Crippen LogP contribution >= 0.6 is 23.4 Å². The molecule has 0 aliphatic heterocycles. The van der Waals surface area contributed by atoms with Gasteiger partial charge in [0.15, 0.2) is 0 Å². The lowest BCUT2D eigenvalue weighted by molar-refractivity contribution is -0.120. The maximum absolute atomic E-state index is 11.8. The molecule has 126 valence electrons. The van der Waals surface area contributed by atoms with Crippen LogP contribution in [0, 0.1) is 0 Å². The fraction of sp³-hybridized carbons (Fsp3) is 0.222. The molecule has 2 rings (SSSR count). The average Bonchev–Trinajstić information content (AvgIpc) is 2.61. The van der Waals surface area contributed by atoms with Crippen molar-refractivity contribution in [1.29, 1.82) is 0 Å². The lowest BCUT2D eigenvalue weighted by atomic mass is 10.2. The summed E-state index contributed by atoms with van der Waals surface area (Å²) in [4.78, 5) is 24.5. The Kier molecular flexibility index (Phi) is 7.65. The number of rotatable bonds is 8. The van der Waals surface area contributed by atoms with Gasteiger partial charge < -0.3 is 10.6 Å². The molecule has 6 heteroatoms. The van der Waals surface area contributed by atoms with Gasteiger partial charge in [-0.15, -0.1) is 11.8 Å². The molecule has 2 amide bonds. The summed E-state index contributed by atoms with van der Waals surface area (Å²) in [6, 6.07) is 16.5. The standard InChI is InChI=1S/C18H19ClN2O2S/c19-15-8-4-5-9-16(15)24-13-10-17(22)20-11-12-21-18(23)14-6-2-1-3-7-14/h1-9H,10-13H2,(H,20,22)(H,21,23). The third-order valence-electron chi connectivity index (χ3n) is 3.19. The van der Waals surface area contributed by atoms with Crippen molar-refractivity contribution in [2.24, 2.45) is 0 Å². The van der Waals surface area contributed by atoms with Gasteiger partial charge in [0.25, 0.3) is 5.91 Å². The highest BCUT2D eigenvalue weighted by atomic mass is 35.5. The van der Waals surface area contributed by atoms with Crippen LogP contribution in [0.1, 0.15) is 16.8 Å². The molecular weight excluding hydrogens is 344 g/mol. The SMILES string of the molecule is O=C(CCSc1ccccc1Cl)NCCNC(=O)c1ccccc1. The van der Waals surface area contributed by atoms with E-state index in [1.54, 1.807) is 23.9 Å². The highest BCUT2D eigenvalue weighted by Gasteiger charge is 2.05. The van der Waals surface area contributed by atoms with Crippen LogP contribution in [0.15, 0.2) is 59.5 Å². The van der Waals surface area contributed by atoms with Crippen LogP contribution in [0.4, 0.5) is 0 Å². The highest BCUT2D eigenvalue weighted by Crippen LogP contribution is 2.26. The van der Waals surface area contributed by atoms with Gasteiger partial charge in [-0.2, -0.15) is 0 Å². The summed E-state index contributed by atoms with van der Waals surface area (Å²) in [6.45, 7) is 0.811. The molecular formula is C18H19ClN2O2S. The van der Waals surface area contributed by atoms with Crippen molar-refractivity contribution in [1.82, 2.24) is 10.6 Å². The monoisotopic (exact) mass is 362 g/mol. The van der Waals surface area contributed by atoms with Crippen molar-refractivity contribution in [2.45, 2.75) is 11.3 Å². The predicted molar refractivity (Wildman–Crippen MR) is 98.6 cm³/mol. The number of nitrogens with one attached hydrogen (secondary N) is 2. The normalized spacial score (nSPS) is 10.2. The Balaban J connectivity index is 1.58. The molecule has 0 heterocycles. The Hall–Kier alpha value is -1.98. The summed E-state index contributed by atoms with van der Waals surface area (Å²) >= 11 is 7.61. The Bertz CT molecular complexity index is 680. The number of thioether (sulfide) groups is 1. The molecule has 0 aromatic heterocycles. The molecule has 2 aromatic carbocycles. The molecule has 0 atom stereocenters. The van der Waals surface area contributed by atoms with Gasteiger partial charge >= 0.3 is 0 Å². The fourth-order valence-corrected chi connectivity index (χ4v) is 3.16.